The molecule has 0 amide bonds. The first-order chi connectivity index (χ1) is 9.01. The van der Waals surface area contributed by atoms with Gasteiger partial charge in [-0.05, 0) is 28.9 Å². The summed E-state index contributed by atoms with van der Waals surface area (Å²) in [5, 5.41) is 3.81. The Labute approximate surface area is 138 Å². The summed E-state index contributed by atoms with van der Waals surface area (Å²) < 4.78 is 6.53. The minimum absolute atomic E-state index is 0.211. The number of thiazole rings is 1. The van der Waals surface area contributed by atoms with E-state index in [1.165, 1.54) is 11.3 Å². The van der Waals surface area contributed by atoms with Gasteiger partial charge < -0.3 is 4.74 Å². The van der Waals surface area contributed by atoms with Crippen molar-refractivity contribution >= 4 is 62.1 Å². The lowest BCUT2D eigenvalue weighted by Crippen LogP contribution is -2.03. The molecule has 0 N–H and O–H groups in total. The van der Waals surface area contributed by atoms with Crippen molar-refractivity contribution in [3.05, 3.63) is 42.7 Å². The molecule has 1 aromatic heterocycles. The molecular formula is C12H9BrCl3NOS. The lowest BCUT2D eigenvalue weighted by atomic mass is 10.3. The van der Waals surface area contributed by atoms with Crippen LogP contribution in [0, 0.1) is 0 Å². The molecule has 0 saturated carbocycles. The molecule has 19 heavy (non-hydrogen) atoms. The highest BCUT2D eigenvalue weighted by molar-refractivity contribution is 9.10. The van der Waals surface area contributed by atoms with Crippen LogP contribution >= 0.6 is 62.1 Å². The van der Waals surface area contributed by atoms with Crippen LogP contribution < -0.4 is 4.74 Å². The summed E-state index contributed by atoms with van der Waals surface area (Å²) >= 11 is 22.7. The molecule has 0 bridgehead atoms. The Kier molecular flexibility index (Phi) is 5.37. The average Bonchev–Trinajstić information content (AvgIpc) is 2.84. The van der Waals surface area contributed by atoms with Gasteiger partial charge in [0.1, 0.15) is 16.9 Å². The number of nitrogens with zero attached hydrogens (tertiary/aromatic N) is 1. The number of halogens is 4. The minimum atomic E-state index is -0.211. The number of hydrogen-bond donors (Lipinski definition) is 0. The summed E-state index contributed by atoms with van der Waals surface area (Å²) in [5.74, 6) is 0.929. The van der Waals surface area contributed by atoms with E-state index < -0.39 is 0 Å². The molecule has 0 aliphatic carbocycles. The molecule has 0 radical (unpaired) electrons. The lowest BCUT2D eigenvalue weighted by Gasteiger charge is -2.14. The maximum absolute atomic E-state index is 6.11. The monoisotopic (exact) mass is 399 g/mol. The molecule has 102 valence electrons. The third-order valence-electron chi connectivity index (χ3n) is 2.33. The highest BCUT2D eigenvalue weighted by Gasteiger charge is 2.15. The Bertz CT molecular complexity index is 590. The van der Waals surface area contributed by atoms with Gasteiger partial charge in [-0.2, -0.15) is 0 Å². The fraction of sp³-hybridized carbons (Fsp3) is 0.250. The Morgan fingerprint density at radius 2 is 2.11 bits per heavy atom. The molecule has 0 aliphatic heterocycles. The fourth-order valence-corrected chi connectivity index (χ4v) is 3.27. The van der Waals surface area contributed by atoms with E-state index in [0.29, 0.717) is 21.7 Å². The van der Waals surface area contributed by atoms with E-state index in [4.69, 9.17) is 39.5 Å². The largest absolute Gasteiger partial charge is 0.482 e. The van der Waals surface area contributed by atoms with Gasteiger partial charge in [0.15, 0.2) is 0 Å². The maximum Gasteiger partial charge on any atom is 0.147 e. The number of alkyl halides is 1. The third-order valence-corrected chi connectivity index (χ3v) is 5.15. The number of hydrogen-bond acceptors (Lipinski definition) is 3. The van der Waals surface area contributed by atoms with Crippen LogP contribution in [0.25, 0.3) is 0 Å². The van der Waals surface area contributed by atoms with Crippen molar-refractivity contribution in [1.29, 1.82) is 0 Å². The van der Waals surface area contributed by atoms with Crippen LogP contribution in [0.3, 0.4) is 0 Å². The van der Waals surface area contributed by atoms with Gasteiger partial charge in [-0.15, -0.1) is 22.9 Å². The van der Waals surface area contributed by atoms with Gasteiger partial charge in [-0.25, -0.2) is 4.98 Å². The van der Waals surface area contributed by atoms with Gasteiger partial charge in [-0.1, -0.05) is 23.2 Å². The minimum Gasteiger partial charge on any atom is -0.482 e. The van der Waals surface area contributed by atoms with E-state index in [1.807, 2.05) is 12.3 Å². The average molecular weight is 402 g/mol. The quantitative estimate of drug-likeness (QED) is 0.457. The molecule has 1 unspecified atom stereocenters. The van der Waals surface area contributed by atoms with Gasteiger partial charge in [0.25, 0.3) is 0 Å². The molecule has 2 nitrogen and oxygen atoms in total. The van der Waals surface area contributed by atoms with E-state index in [1.54, 1.807) is 12.1 Å². The van der Waals surface area contributed by atoms with Crippen LogP contribution in [0.4, 0.5) is 0 Å². The van der Waals surface area contributed by atoms with Crippen LogP contribution in [-0.2, 0) is 5.88 Å². The summed E-state index contributed by atoms with van der Waals surface area (Å²) in [5.41, 5.74) is 0.844. The van der Waals surface area contributed by atoms with Crippen molar-refractivity contribution in [2.45, 2.75) is 18.9 Å². The summed E-state index contributed by atoms with van der Waals surface area (Å²) in [4.78, 5) is 4.37. The van der Waals surface area contributed by atoms with Crippen LogP contribution in [0.15, 0.2) is 22.0 Å². The van der Waals surface area contributed by atoms with Crippen molar-refractivity contribution < 1.29 is 4.74 Å². The van der Waals surface area contributed by atoms with Crippen LogP contribution in [0.1, 0.15) is 23.7 Å². The standard InChI is InChI=1S/C12H9BrCl3NOS/c1-6(12-17-7(4-14)5-19-12)18-11-3-9(15)8(13)2-10(11)16/h2-3,5-6H,4H2,1H3. The van der Waals surface area contributed by atoms with Crippen molar-refractivity contribution in [2.75, 3.05) is 0 Å². The van der Waals surface area contributed by atoms with Crippen LogP contribution in [0.5, 0.6) is 5.75 Å². The predicted octanol–water partition coefficient (Wildman–Crippen LogP) is 6.09. The summed E-state index contributed by atoms with van der Waals surface area (Å²) in [6.45, 7) is 1.91. The second kappa shape index (κ2) is 6.64. The number of aromatic nitrogens is 1. The molecule has 1 heterocycles. The summed E-state index contributed by atoms with van der Waals surface area (Å²) in [6, 6.07) is 3.39. The van der Waals surface area contributed by atoms with E-state index in [2.05, 4.69) is 20.9 Å². The fourth-order valence-electron chi connectivity index (χ4n) is 1.41. The highest BCUT2D eigenvalue weighted by atomic mass is 79.9. The molecule has 1 aromatic carbocycles. The zero-order valence-corrected chi connectivity index (χ0v) is 14.5. The van der Waals surface area contributed by atoms with Crippen LogP contribution in [-0.4, -0.2) is 4.98 Å². The molecule has 0 spiro atoms. The molecular weight excluding hydrogens is 392 g/mol. The first-order valence-electron chi connectivity index (χ1n) is 5.32. The molecule has 2 rings (SSSR count). The van der Waals surface area contributed by atoms with Crippen molar-refractivity contribution in [2.24, 2.45) is 0 Å². The molecule has 0 fully saturated rings. The van der Waals surface area contributed by atoms with E-state index in [0.717, 1.165) is 15.2 Å². The smallest absolute Gasteiger partial charge is 0.147 e. The van der Waals surface area contributed by atoms with Gasteiger partial charge in [-0.3, -0.25) is 0 Å². The van der Waals surface area contributed by atoms with Gasteiger partial charge in [0, 0.05) is 15.9 Å². The Balaban J connectivity index is 2.18. The molecule has 0 saturated heterocycles. The van der Waals surface area contributed by atoms with Crippen molar-refractivity contribution in [1.82, 2.24) is 4.98 Å². The molecule has 2 aromatic rings. The zero-order valence-electron chi connectivity index (χ0n) is 9.79. The van der Waals surface area contributed by atoms with Crippen molar-refractivity contribution in [3.63, 3.8) is 0 Å². The first kappa shape index (κ1) is 15.4. The topological polar surface area (TPSA) is 22.1 Å². The Hall–Kier alpha value is -0.000000000000000194. The molecule has 1 atom stereocenters. The highest BCUT2D eigenvalue weighted by Crippen LogP contribution is 2.36. The normalized spacial score (nSPS) is 12.5. The predicted molar refractivity (Wildman–Crippen MR) is 84.9 cm³/mol. The van der Waals surface area contributed by atoms with E-state index >= 15 is 0 Å². The summed E-state index contributed by atoms with van der Waals surface area (Å²) in [7, 11) is 0. The number of rotatable bonds is 4. The SMILES string of the molecule is CC(Oc1cc(Cl)c(Br)cc1Cl)c1nc(CCl)cs1. The summed E-state index contributed by atoms with van der Waals surface area (Å²) in [6.07, 6.45) is -0.211. The van der Waals surface area contributed by atoms with Gasteiger partial charge in [0.2, 0.25) is 0 Å². The first-order valence-corrected chi connectivity index (χ1v) is 8.29. The van der Waals surface area contributed by atoms with E-state index in [-0.39, 0.29) is 6.10 Å². The van der Waals surface area contributed by atoms with Crippen molar-refractivity contribution in [3.8, 4) is 5.75 Å². The second-order valence-electron chi connectivity index (χ2n) is 3.77. The maximum atomic E-state index is 6.11. The molecule has 7 heteroatoms. The zero-order chi connectivity index (χ0) is 14.0. The Morgan fingerprint density at radius 3 is 2.74 bits per heavy atom. The third kappa shape index (κ3) is 3.76. The Morgan fingerprint density at radius 1 is 1.37 bits per heavy atom. The van der Waals surface area contributed by atoms with Crippen LogP contribution in [0.2, 0.25) is 10.0 Å². The van der Waals surface area contributed by atoms with Gasteiger partial charge >= 0.3 is 0 Å². The number of benzene rings is 1. The van der Waals surface area contributed by atoms with Gasteiger partial charge in [0.05, 0.1) is 21.6 Å². The lowest BCUT2D eigenvalue weighted by molar-refractivity contribution is 0.226. The number of ether oxygens (including phenoxy) is 1. The molecule has 0 aliphatic rings. The second-order valence-corrected chi connectivity index (χ2v) is 6.59. The van der Waals surface area contributed by atoms with E-state index in [9.17, 15) is 0 Å².